The molecule has 2 aromatic carbocycles. The summed E-state index contributed by atoms with van der Waals surface area (Å²) in [6.07, 6.45) is 1.11. The fourth-order valence-electron chi connectivity index (χ4n) is 2.33. The van der Waals surface area contributed by atoms with Crippen molar-refractivity contribution < 1.29 is 21.6 Å². The Bertz CT molecular complexity index is 1030. The Morgan fingerprint density at radius 1 is 0.963 bits per heavy atom. The van der Waals surface area contributed by atoms with E-state index in [4.69, 9.17) is 5.14 Å². The van der Waals surface area contributed by atoms with Gasteiger partial charge in [-0.2, -0.15) is 0 Å². The summed E-state index contributed by atoms with van der Waals surface area (Å²) in [6.45, 7) is 1.79. The van der Waals surface area contributed by atoms with E-state index in [1.807, 2.05) is 0 Å². The molecule has 10 heteroatoms. The Morgan fingerprint density at radius 2 is 1.44 bits per heavy atom. The predicted octanol–water partition coefficient (Wildman–Crippen LogP) is 1.96. The molecular formula is C17H21N3O5S2. The van der Waals surface area contributed by atoms with E-state index >= 15 is 0 Å². The van der Waals surface area contributed by atoms with Gasteiger partial charge in [0.2, 0.25) is 10.0 Å². The van der Waals surface area contributed by atoms with Crippen molar-refractivity contribution >= 4 is 31.6 Å². The zero-order valence-electron chi connectivity index (χ0n) is 15.1. The molecule has 0 radical (unpaired) electrons. The number of carbonyl (C=O) groups excluding carboxylic acids is 1. The van der Waals surface area contributed by atoms with Crippen LogP contribution in [0.5, 0.6) is 0 Å². The minimum absolute atomic E-state index is 0.00322. The van der Waals surface area contributed by atoms with Gasteiger partial charge in [0.05, 0.1) is 15.8 Å². The lowest BCUT2D eigenvalue weighted by Crippen LogP contribution is -2.33. The van der Waals surface area contributed by atoms with Crippen molar-refractivity contribution in [1.29, 1.82) is 0 Å². The number of hydrogen-bond donors (Lipinski definition) is 2. The number of sulfonamides is 1. The van der Waals surface area contributed by atoms with Gasteiger partial charge < -0.3 is 10.2 Å². The molecule has 0 aromatic heterocycles. The Morgan fingerprint density at radius 3 is 1.89 bits per heavy atom. The topological polar surface area (TPSA) is 127 Å². The fraction of sp³-hybridized carbons (Fsp3) is 0.235. The van der Waals surface area contributed by atoms with Gasteiger partial charge in [-0.15, -0.1) is 0 Å². The maximum atomic E-state index is 12.4. The van der Waals surface area contributed by atoms with Crippen molar-refractivity contribution in [2.24, 2.45) is 5.14 Å². The van der Waals surface area contributed by atoms with Gasteiger partial charge in [-0.1, -0.05) is 12.1 Å². The molecule has 146 valence electrons. The van der Waals surface area contributed by atoms with Gasteiger partial charge in [0.1, 0.15) is 0 Å². The molecule has 0 saturated carbocycles. The third kappa shape index (κ3) is 5.28. The molecule has 1 atom stereocenters. The molecule has 0 spiro atoms. The van der Waals surface area contributed by atoms with E-state index in [9.17, 15) is 21.6 Å². The third-order valence-electron chi connectivity index (χ3n) is 4.13. The lowest BCUT2D eigenvalue weighted by molar-refractivity contribution is 0.208. The first kappa shape index (κ1) is 20.9. The summed E-state index contributed by atoms with van der Waals surface area (Å²) in [6, 6.07) is 11.1. The van der Waals surface area contributed by atoms with E-state index in [0.29, 0.717) is 5.69 Å². The summed E-state index contributed by atoms with van der Waals surface area (Å²) in [5, 5.41) is 7.76. The number of nitrogens with zero attached hydrogens (tertiary/aromatic N) is 1. The number of primary sulfonamides is 1. The number of amides is 2. The van der Waals surface area contributed by atoms with Gasteiger partial charge in [-0.3, -0.25) is 0 Å². The average molecular weight is 412 g/mol. The second kappa shape index (κ2) is 7.67. The molecule has 0 heterocycles. The number of urea groups is 1. The zero-order valence-corrected chi connectivity index (χ0v) is 16.7. The highest BCUT2D eigenvalue weighted by Gasteiger charge is 2.18. The van der Waals surface area contributed by atoms with E-state index in [1.165, 1.54) is 41.3 Å². The third-order valence-corrected chi connectivity index (χ3v) is 6.18. The first-order chi connectivity index (χ1) is 12.4. The second-order valence-electron chi connectivity index (χ2n) is 6.13. The van der Waals surface area contributed by atoms with Crippen LogP contribution in [0.1, 0.15) is 18.5 Å². The highest BCUT2D eigenvalue weighted by Crippen LogP contribution is 2.22. The van der Waals surface area contributed by atoms with Crippen LogP contribution in [0.15, 0.2) is 58.3 Å². The van der Waals surface area contributed by atoms with Crippen LogP contribution in [0, 0.1) is 0 Å². The number of anilines is 1. The molecule has 2 amide bonds. The van der Waals surface area contributed by atoms with E-state index in [2.05, 4.69) is 5.32 Å². The van der Waals surface area contributed by atoms with Crippen LogP contribution in [0.3, 0.4) is 0 Å². The van der Waals surface area contributed by atoms with Crippen LogP contribution >= 0.6 is 0 Å². The van der Waals surface area contributed by atoms with E-state index in [1.54, 1.807) is 26.1 Å². The minimum atomic E-state index is -3.77. The molecule has 0 bridgehead atoms. The van der Waals surface area contributed by atoms with Crippen molar-refractivity contribution in [3.05, 3.63) is 54.1 Å². The van der Waals surface area contributed by atoms with Gasteiger partial charge >= 0.3 is 6.03 Å². The summed E-state index contributed by atoms with van der Waals surface area (Å²) in [5.41, 5.74) is 1.18. The fourth-order valence-corrected chi connectivity index (χ4v) is 3.48. The molecule has 1 unspecified atom stereocenters. The first-order valence-corrected chi connectivity index (χ1v) is 11.3. The highest BCUT2D eigenvalue weighted by atomic mass is 32.2. The SMILES string of the molecule is CC(c1ccc(S(N)(=O)=O)cc1)N(C)C(=O)Nc1ccc(S(C)(=O)=O)cc1. The predicted molar refractivity (Wildman–Crippen MR) is 103 cm³/mol. The summed E-state index contributed by atoms with van der Waals surface area (Å²) >= 11 is 0. The van der Waals surface area contributed by atoms with E-state index in [0.717, 1.165) is 11.8 Å². The Kier molecular flexibility index (Phi) is 5.93. The van der Waals surface area contributed by atoms with Crippen molar-refractivity contribution in [3.8, 4) is 0 Å². The van der Waals surface area contributed by atoms with Gasteiger partial charge in [0.25, 0.3) is 0 Å². The molecule has 8 nitrogen and oxygen atoms in total. The smallest absolute Gasteiger partial charge is 0.321 e. The quantitative estimate of drug-likeness (QED) is 0.778. The number of nitrogens with two attached hydrogens (primary N) is 1. The van der Waals surface area contributed by atoms with Crippen LogP contribution < -0.4 is 10.5 Å². The Labute approximate surface area is 159 Å². The Hall–Kier alpha value is -2.43. The highest BCUT2D eigenvalue weighted by molar-refractivity contribution is 7.90. The number of rotatable bonds is 5. The summed E-state index contributed by atoms with van der Waals surface area (Å²) < 4.78 is 45.6. The van der Waals surface area contributed by atoms with Crippen LogP contribution in [0.25, 0.3) is 0 Å². The lowest BCUT2D eigenvalue weighted by atomic mass is 10.1. The van der Waals surface area contributed by atoms with E-state index in [-0.39, 0.29) is 15.8 Å². The Balaban J connectivity index is 2.10. The van der Waals surface area contributed by atoms with Gasteiger partial charge in [0, 0.05) is 19.0 Å². The van der Waals surface area contributed by atoms with Crippen molar-refractivity contribution in [3.63, 3.8) is 0 Å². The van der Waals surface area contributed by atoms with Crippen molar-refractivity contribution in [1.82, 2.24) is 4.90 Å². The molecule has 27 heavy (non-hydrogen) atoms. The molecule has 0 saturated heterocycles. The van der Waals surface area contributed by atoms with Gasteiger partial charge in [0.15, 0.2) is 9.84 Å². The monoisotopic (exact) mass is 411 g/mol. The number of hydrogen-bond acceptors (Lipinski definition) is 5. The van der Waals surface area contributed by atoms with Gasteiger partial charge in [-0.25, -0.2) is 26.8 Å². The molecule has 2 aromatic rings. The first-order valence-electron chi connectivity index (χ1n) is 7.86. The van der Waals surface area contributed by atoms with Crippen molar-refractivity contribution in [2.45, 2.75) is 22.8 Å². The van der Waals surface area contributed by atoms with Crippen LogP contribution in [-0.4, -0.2) is 41.1 Å². The van der Waals surface area contributed by atoms with Crippen LogP contribution in [0.2, 0.25) is 0 Å². The van der Waals surface area contributed by atoms with Gasteiger partial charge in [-0.05, 0) is 48.9 Å². The minimum Gasteiger partial charge on any atom is -0.321 e. The summed E-state index contributed by atoms with van der Waals surface area (Å²) in [4.78, 5) is 14.0. The molecule has 0 fully saturated rings. The summed E-state index contributed by atoms with van der Waals surface area (Å²) in [5.74, 6) is 0. The van der Waals surface area contributed by atoms with Crippen LogP contribution in [-0.2, 0) is 19.9 Å². The average Bonchev–Trinajstić information content (AvgIpc) is 2.59. The largest absolute Gasteiger partial charge is 0.322 e. The lowest BCUT2D eigenvalue weighted by Gasteiger charge is -2.25. The molecule has 2 rings (SSSR count). The van der Waals surface area contributed by atoms with Crippen LogP contribution in [0.4, 0.5) is 10.5 Å². The molecule has 0 aliphatic carbocycles. The molecule has 3 N–H and O–H groups in total. The molecular weight excluding hydrogens is 390 g/mol. The number of nitrogens with one attached hydrogen (secondary N) is 1. The second-order valence-corrected chi connectivity index (χ2v) is 9.70. The standard InChI is InChI=1S/C17H21N3O5S2/c1-12(13-4-8-16(9-5-13)27(18,24)25)20(2)17(21)19-14-6-10-15(11-7-14)26(3,22)23/h4-12H,1-3H3,(H,19,21)(H2,18,24,25). The normalized spacial score (nSPS) is 13.0. The molecule has 0 aliphatic rings. The maximum Gasteiger partial charge on any atom is 0.322 e. The van der Waals surface area contributed by atoms with Crippen molar-refractivity contribution in [2.75, 3.05) is 18.6 Å². The number of sulfone groups is 1. The summed E-state index contributed by atoms with van der Waals surface area (Å²) in [7, 11) is -5.48. The zero-order chi connectivity index (χ0) is 20.4. The number of benzene rings is 2. The maximum absolute atomic E-state index is 12.4. The van der Waals surface area contributed by atoms with E-state index < -0.39 is 25.9 Å². The molecule has 0 aliphatic heterocycles. The number of carbonyl (C=O) groups is 1.